The molecule has 0 atom stereocenters. The van der Waals surface area contributed by atoms with E-state index < -0.39 is 11.8 Å². The third-order valence-corrected chi connectivity index (χ3v) is 3.04. The number of anilines is 1. The predicted octanol–water partition coefficient (Wildman–Crippen LogP) is 1.68. The molecule has 0 radical (unpaired) electrons. The number of carboxylic acids is 1. The fourth-order valence-corrected chi connectivity index (χ4v) is 2.19. The van der Waals surface area contributed by atoms with Gasteiger partial charge in [0.2, 0.25) is 0 Å². The lowest BCUT2D eigenvalue weighted by Gasteiger charge is -2.26. The van der Waals surface area contributed by atoms with Crippen LogP contribution in [0.15, 0.2) is 18.2 Å². The number of hydrogen-bond acceptors (Lipinski definition) is 4. The molecule has 1 aromatic rings. The number of ether oxygens (including phenoxy) is 2. The van der Waals surface area contributed by atoms with Crippen LogP contribution in [0.5, 0.6) is 0 Å². The van der Waals surface area contributed by atoms with Gasteiger partial charge in [0.1, 0.15) is 0 Å². The van der Waals surface area contributed by atoms with E-state index >= 15 is 0 Å². The molecule has 1 aromatic carbocycles. The van der Waals surface area contributed by atoms with E-state index in [2.05, 4.69) is 0 Å². The fraction of sp³-hybridized carbons (Fsp3) is 0.417. The van der Waals surface area contributed by atoms with Gasteiger partial charge in [0.05, 0.1) is 19.6 Å². The van der Waals surface area contributed by atoms with Gasteiger partial charge in [-0.05, 0) is 17.7 Å². The summed E-state index contributed by atoms with van der Waals surface area (Å²) in [6, 6.07) is 5.09. The number of halogens is 1. The second-order valence-corrected chi connectivity index (χ2v) is 4.63. The van der Waals surface area contributed by atoms with Crippen LogP contribution in [-0.4, -0.2) is 30.1 Å². The Labute approximate surface area is 109 Å². The van der Waals surface area contributed by atoms with Gasteiger partial charge in [0.15, 0.2) is 5.79 Å². The molecule has 0 aromatic heterocycles. The van der Waals surface area contributed by atoms with Gasteiger partial charge in [0.25, 0.3) is 0 Å². The van der Waals surface area contributed by atoms with Crippen molar-refractivity contribution < 1.29 is 19.4 Å². The zero-order valence-electron chi connectivity index (χ0n) is 9.69. The highest BCUT2D eigenvalue weighted by Gasteiger charge is 2.39. The van der Waals surface area contributed by atoms with Crippen molar-refractivity contribution in [3.05, 3.63) is 28.8 Å². The third-order valence-electron chi connectivity index (χ3n) is 2.80. The molecule has 0 spiro atoms. The Morgan fingerprint density at radius 2 is 2.11 bits per heavy atom. The molecule has 1 fully saturated rings. The standard InChI is InChI=1S/C12H14ClNO4/c13-9-2-1-8(10(14)5-9)6-12(7-11(15)16)17-3-4-18-12/h1-2,5H,3-4,6-7,14H2,(H,15,16). The second-order valence-electron chi connectivity index (χ2n) is 4.20. The molecule has 98 valence electrons. The van der Waals surface area contributed by atoms with E-state index in [0.29, 0.717) is 30.3 Å². The number of carbonyl (C=O) groups is 1. The number of nitrogen functional groups attached to an aromatic ring is 1. The molecule has 1 saturated heterocycles. The predicted molar refractivity (Wildman–Crippen MR) is 66.5 cm³/mol. The average Bonchev–Trinajstić information content (AvgIpc) is 2.70. The number of carboxylic acid groups (broad SMARTS) is 1. The van der Waals surface area contributed by atoms with E-state index in [4.69, 9.17) is 31.9 Å². The summed E-state index contributed by atoms with van der Waals surface area (Å²) in [4.78, 5) is 10.9. The highest BCUT2D eigenvalue weighted by molar-refractivity contribution is 6.30. The Bertz CT molecular complexity index is 457. The van der Waals surface area contributed by atoms with Gasteiger partial charge in [0, 0.05) is 17.1 Å². The van der Waals surface area contributed by atoms with Crippen molar-refractivity contribution in [2.45, 2.75) is 18.6 Å². The maximum atomic E-state index is 10.9. The molecule has 0 saturated carbocycles. The summed E-state index contributed by atoms with van der Waals surface area (Å²) in [5, 5.41) is 9.46. The van der Waals surface area contributed by atoms with E-state index in [1.54, 1.807) is 18.2 Å². The lowest BCUT2D eigenvalue weighted by atomic mass is 10.0. The summed E-state index contributed by atoms with van der Waals surface area (Å²) in [6.07, 6.45) is 0.0807. The minimum absolute atomic E-state index is 0.213. The first-order chi connectivity index (χ1) is 8.51. The molecular formula is C12H14ClNO4. The molecule has 3 N–H and O–H groups in total. The first-order valence-electron chi connectivity index (χ1n) is 5.54. The van der Waals surface area contributed by atoms with E-state index in [0.717, 1.165) is 5.56 Å². The summed E-state index contributed by atoms with van der Waals surface area (Å²) in [6.45, 7) is 0.779. The first-order valence-corrected chi connectivity index (χ1v) is 5.92. The van der Waals surface area contributed by atoms with Gasteiger partial charge in [-0.2, -0.15) is 0 Å². The molecule has 5 nitrogen and oxygen atoms in total. The first kappa shape index (κ1) is 13.1. The molecule has 1 aliphatic heterocycles. The van der Waals surface area contributed by atoms with Gasteiger partial charge in [-0.25, -0.2) is 0 Å². The van der Waals surface area contributed by atoms with Gasteiger partial charge in [-0.15, -0.1) is 0 Å². The van der Waals surface area contributed by atoms with Crippen LogP contribution in [-0.2, 0) is 20.7 Å². The molecule has 1 heterocycles. The van der Waals surface area contributed by atoms with Gasteiger partial charge >= 0.3 is 5.97 Å². The molecule has 0 bridgehead atoms. The minimum atomic E-state index is -1.12. The third kappa shape index (κ3) is 2.93. The Morgan fingerprint density at radius 1 is 1.44 bits per heavy atom. The highest BCUT2D eigenvalue weighted by atomic mass is 35.5. The van der Waals surface area contributed by atoms with Crippen LogP contribution in [0.2, 0.25) is 5.02 Å². The Hall–Kier alpha value is -1.30. The van der Waals surface area contributed by atoms with Crippen LogP contribution in [0, 0.1) is 0 Å². The number of nitrogens with two attached hydrogens (primary N) is 1. The monoisotopic (exact) mass is 271 g/mol. The van der Waals surface area contributed by atoms with Crippen molar-refractivity contribution in [3.63, 3.8) is 0 Å². The van der Waals surface area contributed by atoms with Gasteiger partial charge in [-0.1, -0.05) is 17.7 Å². The van der Waals surface area contributed by atoms with E-state index in [1.807, 2.05) is 0 Å². The molecule has 0 unspecified atom stereocenters. The van der Waals surface area contributed by atoms with Crippen molar-refractivity contribution in [1.29, 1.82) is 0 Å². The summed E-state index contributed by atoms with van der Waals surface area (Å²) in [5.41, 5.74) is 7.12. The lowest BCUT2D eigenvalue weighted by Crippen LogP contribution is -2.36. The summed E-state index contributed by atoms with van der Waals surface area (Å²) < 4.78 is 10.9. The zero-order chi connectivity index (χ0) is 13.2. The van der Waals surface area contributed by atoms with Crippen LogP contribution in [0.3, 0.4) is 0 Å². The molecule has 1 aliphatic rings. The average molecular weight is 272 g/mol. The molecule has 0 amide bonds. The van der Waals surface area contributed by atoms with Crippen molar-refractivity contribution in [2.24, 2.45) is 0 Å². The van der Waals surface area contributed by atoms with Crippen molar-refractivity contribution >= 4 is 23.3 Å². The fourth-order valence-electron chi connectivity index (χ4n) is 2.01. The van der Waals surface area contributed by atoms with Crippen molar-refractivity contribution in [1.82, 2.24) is 0 Å². The number of hydrogen-bond donors (Lipinski definition) is 2. The Kier molecular flexibility index (Phi) is 3.75. The maximum absolute atomic E-state index is 10.9. The van der Waals surface area contributed by atoms with E-state index in [1.165, 1.54) is 0 Å². The zero-order valence-corrected chi connectivity index (χ0v) is 10.4. The number of rotatable bonds is 4. The topological polar surface area (TPSA) is 81.8 Å². The summed E-state index contributed by atoms with van der Waals surface area (Å²) in [5.74, 6) is -2.09. The van der Waals surface area contributed by atoms with Crippen LogP contribution in [0.25, 0.3) is 0 Å². The summed E-state index contributed by atoms with van der Waals surface area (Å²) in [7, 11) is 0. The Morgan fingerprint density at radius 3 is 2.67 bits per heavy atom. The normalized spacial score (nSPS) is 17.8. The molecule has 2 rings (SSSR count). The molecule has 18 heavy (non-hydrogen) atoms. The largest absolute Gasteiger partial charge is 0.481 e. The van der Waals surface area contributed by atoms with E-state index in [-0.39, 0.29) is 6.42 Å². The molecule has 6 heteroatoms. The van der Waals surface area contributed by atoms with Gasteiger partial charge in [-0.3, -0.25) is 4.79 Å². The second kappa shape index (κ2) is 5.14. The van der Waals surface area contributed by atoms with Gasteiger partial charge < -0.3 is 20.3 Å². The van der Waals surface area contributed by atoms with Crippen LogP contribution in [0.1, 0.15) is 12.0 Å². The van der Waals surface area contributed by atoms with Crippen LogP contribution >= 0.6 is 11.6 Å². The highest BCUT2D eigenvalue weighted by Crippen LogP contribution is 2.30. The Balaban J connectivity index is 2.20. The van der Waals surface area contributed by atoms with E-state index in [9.17, 15) is 4.79 Å². The molecular weight excluding hydrogens is 258 g/mol. The molecule has 0 aliphatic carbocycles. The SMILES string of the molecule is Nc1cc(Cl)ccc1CC1(CC(=O)O)OCCO1. The number of benzene rings is 1. The maximum Gasteiger partial charge on any atom is 0.308 e. The van der Waals surface area contributed by atoms with Crippen LogP contribution in [0.4, 0.5) is 5.69 Å². The number of aliphatic carboxylic acids is 1. The van der Waals surface area contributed by atoms with Crippen molar-refractivity contribution in [2.75, 3.05) is 18.9 Å². The van der Waals surface area contributed by atoms with Crippen LogP contribution < -0.4 is 5.73 Å². The summed E-state index contributed by atoms with van der Waals surface area (Å²) >= 11 is 5.82. The van der Waals surface area contributed by atoms with Crippen molar-refractivity contribution in [3.8, 4) is 0 Å². The minimum Gasteiger partial charge on any atom is -0.481 e. The smallest absolute Gasteiger partial charge is 0.308 e. The lowest BCUT2D eigenvalue weighted by molar-refractivity contribution is -0.178. The quantitative estimate of drug-likeness (QED) is 0.814.